The van der Waals surface area contributed by atoms with E-state index in [1.165, 1.54) is 10.3 Å². The number of carboxylic acid groups (broad SMARTS) is 1. The molecule has 4 aromatic carbocycles. The van der Waals surface area contributed by atoms with Crippen molar-refractivity contribution >= 4 is 16.9 Å². The van der Waals surface area contributed by atoms with Gasteiger partial charge in [0.1, 0.15) is 5.75 Å². The van der Waals surface area contributed by atoms with Gasteiger partial charge in [-0.2, -0.15) is 0 Å². The summed E-state index contributed by atoms with van der Waals surface area (Å²) in [6.07, 6.45) is -0.505. The maximum atomic E-state index is 11.7. The van der Waals surface area contributed by atoms with Crippen LogP contribution in [-0.4, -0.2) is 45.5 Å². The van der Waals surface area contributed by atoms with Crippen molar-refractivity contribution in [3.05, 3.63) is 114 Å². The van der Waals surface area contributed by atoms with E-state index in [2.05, 4.69) is 40.5 Å². The summed E-state index contributed by atoms with van der Waals surface area (Å²) in [6, 6.07) is 31.9. The fourth-order valence-electron chi connectivity index (χ4n) is 5.14. The number of hydrogen-bond donors (Lipinski definition) is 1. The molecule has 1 fully saturated rings. The molecule has 0 radical (unpaired) electrons. The smallest absolute Gasteiger partial charge is 0.407 e. The van der Waals surface area contributed by atoms with Gasteiger partial charge in [0.2, 0.25) is 5.89 Å². The molecule has 1 saturated heterocycles. The van der Waals surface area contributed by atoms with Gasteiger partial charge in [0.15, 0.2) is 6.61 Å². The van der Waals surface area contributed by atoms with Crippen LogP contribution in [0.15, 0.2) is 101 Å². The van der Waals surface area contributed by atoms with Gasteiger partial charge in [-0.1, -0.05) is 66.7 Å². The molecule has 40 heavy (non-hydrogen) atoms. The number of ether oxygens (including phenoxy) is 2. The predicted molar refractivity (Wildman–Crippen MR) is 150 cm³/mol. The first kappa shape index (κ1) is 25.6. The highest BCUT2D eigenvalue weighted by molar-refractivity contribution is 5.82. The van der Waals surface area contributed by atoms with Gasteiger partial charge in [-0.15, -0.1) is 10.2 Å². The maximum Gasteiger partial charge on any atom is 0.407 e. The second-order valence-electron chi connectivity index (χ2n) is 9.88. The standard InChI is InChI=1S/C32H29N3O5/c36-32(37)35-17-16-28(29(19-35)39-20-22-10-11-23-6-4-5-9-26(23)18-22)24-12-14-27(15-13-24)38-21-30-33-34-31(40-30)25-7-2-1-3-8-25/h1-15,18,28-29H,16-17,19-21H2,(H,36,37). The SMILES string of the molecule is O=C(O)N1CCC(c2ccc(OCc3nnc(-c4ccccc4)o3)cc2)C(OCc2ccc3ccccc3c2)C1. The number of rotatable bonds is 8. The van der Waals surface area contributed by atoms with Gasteiger partial charge in [-0.05, 0) is 58.7 Å². The summed E-state index contributed by atoms with van der Waals surface area (Å²) in [5.41, 5.74) is 3.01. The molecule has 2 atom stereocenters. The highest BCUT2D eigenvalue weighted by atomic mass is 16.5. The average Bonchev–Trinajstić information content (AvgIpc) is 3.49. The lowest BCUT2D eigenvalue weighted by molar-refractivity contribution is -0.0199. The van der Waals surface area contributed by atoms with Crippen molar-refractivity contribution in [2.45, 2.75) is 31.7 Å². The van der Waals surface area contributed by atoms with E-state index in [0.29, 0.717) is 43.6 Å². The van der Waals surface area contributed by atoms with Gasteiger partial charge in [0, 0.05) is 18.0 Å². The fourth-order valence-corrected chi connectivity index (χ4v) is 5.14. The zero-order valence-electron chi connectivity index (χ0n) is 21.8. The van der Waals surface area contributed by atoms with Crippen LogP contribution in [-0.2, 0) is 18.0 Å². The van der Waals surface area contributed by atoms with Crippen LogP contribution in [0.25, 0.3) is 22.2 Å². The van der Waals surface area contributed by atoms with Gasteiger partial charge >= 0.3 is 6.09 Å². The second-order valence-corrected chi connectivity index (χ2v) is 9.88. The summed E-state index contributed by atoms with van der Waals surface area (Å²) in [5.74, 6) is 1.59. The van der Waals surface area contributed by atoms with Gasteiger partial charge in [0.25, 0.3) is 5.89 Å². The normalized spacial score (nSPS) is 17.1. The first-order valence-corrected chi connectivity index (χ1v) is 13.3. The third kappa shape index (κ3) is 5.82. The first-order valence-electron chi connectivity index (χ1n) is 13.3. The fraction of sp³-hybridized carbons (Fsp3) is 0.219. The molecule has 202 valence electrons. The van der Waals surface area contributed by atoms with Gasteiger partial charge in [-0.25, -0.2) is 4.79 Å². The summed E-state index contributed by atoms with van der Waals surface area (Å²) in [7, 11) is 0. The number of amides is 1. The number of benzene rings is 4. The molecule has 0 saturated carbocycles. The van der Waals surface area contributed by atoms with E-state index >= 15 is 0 Å². The summed E-state index contributed by atoms with van der Waals surface area (Å²) >= 11 is 0. The summed E-state index contributed by atoms with van der Waals surface area (Å²) in [6.45, 7) is 1.37. The van der Waals surface area contributed by atoms with Gasteiger partial charge in [-0.3, -0.25) is 0 Å². The zero-order chi connectivity index (χ0) is 27.3. The Bertz CT molecular complexity index is 1590. The molecule has 1 aliphatic heterocycles. The number of nitrogens with zero attached hydrogens (tertiary/aromatic N) is 3. The largest absolute Gasteiger partial charge is 0.484 e. The molecule has 1 N–H and O–H groups in total. The van der Waals surface area contributed by atoms with E-state index in [1.807, 2.05) is 66.7 Å². The van der Waals surface area contributed by atoms with Gasteiger partial charge < -0.3 is 23.9 Å². The third-order valence-corrected chi connectivity index (χ3v) is 7.27. The molecular formula is C32H29N3O5. The van der Waals surface area contributed by atoms with E-state index in [0.717, 1.165) is 22.1 Å². The lowest BCUT2D eigenvalue weighted by Gasteiger charge is -2.37. The monoisotopic (exact) mass is 535 g/mol. The number of likely N-dealkylation sites (tertiary alicyclic amines) is 1. The Morgan fingerprint density at radius 3 is 2.48 bits per heavy atom. The Labute approximate surface area is 231 Å². The highest BCUT2D eigenvalue weighted by Gasteiger charge is 2.33. The first-order chi connectivity index (χ1) is 19.6. The van der Waals surface area contributed by atoms with Gasteiger partial charge in [0.05, 0.1) is 19.3 Å². The molecular weight excluding hydrogens is 506 g/mol. The van der Waals surface area contributed by atoms with Crippen molar-refractivity contribution in [2.24, 2.45) is 0 Å². The summed E-state index contributed by atoms with van der Waals surface area (Å²) in [4.78, 5) is 13.2. The molecule has 0 aliphatic carbocycles. The van der Waals surface area contributed by atoms with Crippen LogP contribution in [0.4, 0.5) is 4.79 Å². The van der Waals surface area contributed by atoms with E-state index in [9.17, 15) is 9.90 Å². The summed E-state index contributed by atoms with van der Waals surface area (Å²) in [5, 5.41) is 20.1. The number of hydrogen-bond acceptors (Lipinski definition) is 6. The quantitative estimate of drug-likeness (QED) is 0.241. The molecule has 8 nitrogen and oxygen atoms in total. The Morgan fingerprint density at radius 1 is 0.900 bits per heavy atom. The van der Waals surface area contributed by atoms with Crippen molar-refractivity contribution in [1.29, 1.82) is 0 Å². The molecule has 2 heterocycles. The molecule has 8 heteroatoms. The Balaban J connectivity index is 1.11. The molecule has 1 amide bonds. The van der Waals surface area contributed by atoms with Crippen molar-refractivity contribution in [1.82, 2.24) is 15.1 Å². The predicted octanol–water partition coefficient (Wildman–Crippen LogP) is 6.52. The van der Waals surface area contributed by atoms with E-state index in [4.69, 9.17) is 13.9 Å². The van der Waals surface area contributed by atoms with Crippen LogP contribution in [0, 0.1) is 0 Å². The van der Waals surface area contributed by atoms with E-state index in [-0.39, 0.29) is 18.6 Å². The minimum absolute atomic E-state index is 0.0643. The molecule has 1 aliphatic rings. The zero-order valence-corrected chi connectivity index (χ0v) is 21.8. The second kappa shape index (κ2) is 11.6. The van der Waals surface area contributed by atoms with Crippen molar-refractivity contribution in [2.75, 3.05) is 13.1 Å². The van der Waals surface area contributed by atoms with Crippen molar-refractivity contribution in [3.63, 3.8) is 0 Å². The van der Waals surface area contributed by atoms with Crippen LogP contribution < -0.4 is 4.74 Å². The van der Waals surface area contributed by atoms with Crippen LogP contribution in [0.2, 0.25) is 0 Å². The Hall–Kier alpha value is -4.69. The topological polar surface area (TPSA) is 97.9 Å². The van der Waals surface area contributed by atoms with Crippen LogP contribution in [0.5, 0.6) is 5.75 Å². The minimum Gasteiger partial charge on any atom is -0.484 e. The van der Waals surface area contributed by atoms with Crippen LogP contribution >= 0.6 is 0 Å². The van der Waals surface area contributed by atoms with E-state index < -0.39 is 6.09 Å². The summed E-state index contributed by atoms with van der Waals surface area (Å²) < 4.78 is 18.0. The lowest BCUT2D eigenvalue weighted by Crippen LogP contribution is -2.46. The van der Waals surface area contributed by atoms with Crippen molar-refractivity contribution in [3.8, 4) is 17.2 Å². The minimum atomic E-state index is -0.919. The molecule has 6 rings (SSSR count). The van der Waals surface area contributed by atoms with Crippen molar-refractivity contribution < 1.29 is 23.8 Å². The molecule has 2 unspecified atom stereocenters. The number of aromatic nitrogens is 2. The lowest BCUT2D eigenvalue weighted by atomic mass is 9.87. The average molecular weight is 536 g/mol. The molecule has 1 aromatic heterocycles. The maximum absolute atomic E-state index is 11.7. The van der Waals surface area contributed by atoms with Crippen LogP contribution in [0.1, 0.15) is 29.4 Å². The molecule has 0 bridgehead atoms. The highest BCUT2D eigenvalue weighted by Crippen LogP contribution is 2.32. The molecule has 0 spiro atoms. The van der Waals surface area contributed by atoms with Crippen LogP contribution in [0.3, 0.4) is 0 Å². The Kier molecular flexibility index (Phi) is 7.41. The third-order valence-electron chi connectivity index (χ3n) is 7.27. The van der Waals surface area contributed by atoms with E-state index in [1.54, 1.807) is 0 Å². The molecule has 5 aromatic rings. The number of carbonyl (C=O) groups is 1. The number of fused-ring (bicyclic) bond motifs is 1. The number of piperidine rings is 1. The Morgan fingerprint density at radius 2 is 1.68 bits per heavy atom.